The first-order valence-corrected chi connectivity index (χ1v) is 5.60. The van der Waals surface area contributed by atoms with Gasteiger partial charge in [0.15, 0.2) is 5.78 Å². The maximum atomic E-state index is 10.7. The molecule has 0 rings (SSSR count). The molecule has 6 N–H and O–H groups in total. The van der Waals surface area contributed by atoms with Crippen molar-refractivity contribution < 1.29 is 44.1 Å². The van der Waals surface area contributed by atoms with E-state index < -0.39 is 45.1 Å². The van der Waals surface area contributed by atoms with Crippen molar-refractivity contribution >= 4 is 13.6 Å². The van der Waals surface area contributed by atoms with E-state index in [1.165, 1.54) is 0 Å². The molecule has 9 nitrogen and oxygen atoms in total. The minimum absolute atomic E-state index is 1.03. The number of carbonyl (C=O) groups is 1. The number of ketones is 1. The predicted octanol–water partition coefficient (Wildman–Crippen LogP) is -3.26. The molecular weight excluding hydrogens is 247 g/mol. The second-order valence-corrected chi connectivity index (χ2v) is 4.07. The van der Waals surface area contributed by atoms with E-state index in [1.807, 2.05) is 0 Å². The molecule has 96 valence electrons. The van der Waals surface area contributed by atoms with E-state index in [2.05, 4.69) is 4.52 Å². The number of hydrogen-bond acceptors (Lipinski definition) is 7. The van der Waals surface area contributed by atoms with Crippen molar-refractivity contribution in [2.75, 3.05) is 13.2 Å². The summed E-state index contributed by atoms with van der Waals surface area (Å²) in [6.45, 7) is -2.09. The van der Waals surface area contributed by atoms with E-state index in [0.29, 0.717) is 0 Å². The summed E-state index contributed by atoms with van der Waals surface area (Å²) >= 11 is 0. The van der Waals surface area contributed by atoms with E-state index in [-0.39, 0.29) is 0 Å². The molecule has 0 aliphatic rings. The first-order chi connectivity index (χ1) is 7.22. The van der Waals surface area contributed by atoms with Gasteiger partial charge in [0, 0.05) is 0 Å². The van der Waals surface area contributed by atoms with Crippen LogP contribution in [0.3, 0.4) is 0 Å². The van der Waals surface area contributed by atoms with E-state index in [9.17, 15) is 14.5 Å². The monoisotopic (exact) mass is 260 g/mol. The van der Waals surface area contributed by atoms with Crippen LogP contribution in [0.15, 0.2) is 0 Å². The molecule has 10 heteroatoms. The lowest BCUT2D eigenvalue weighted by Gasteiger charge is -2.24. The molecule has 0 saturated heterocycles. The fourth-order valence-electron chi connectivity index (χ4n) is 0.867. The van der Waals surface area contributed by atoms with Gasteiger partial charge < -0.3 is 30.2 Å². The van der Waals surface area contributed by atoms with Crippen molar-refractivity contribution in [3.8, 4) is 0 Å². The van der Waals surface area contributed by atoms with Crippen LogP contribution in [0.4, 0.5) is 0 Å². The predicted molar refractivity (Wildman–Crippen MR) is 48.1 cm³/mol. The molecule has 0 aliphatic heterocycles. The van der Waals surface area contributed by atoms with Gasteiger partial charge in [-0.1, -0.05) is 0 Å². The number of Topliss-reactive ketones (excluding diaryl/α,β-unsaturated/α-hetero) is 1. The molecule has 0 aromatic rings. The largest absolute Gasteiger partial charge is 0.470 e. The molecule has 0 aromatic heterocycles. The molecule has 0 saturated carbocycles. The Morgan fingerprint density at radius 2 is 1.75 bits per heavy atom. The minimum atomic E-state index is -4.98. The lowest BCUT2D eigenvalue weighted by molar-refractivity contribution is -0.142. The number of hydrogen-bond donors (Lipinski definition) is 6. The molecule has 0 spiro atoms. The molecule has 0 unspecified atom stereocenters. The van der Waals surface area contributed by atoms with Crippen LogP contribution < -0.4 is 0 Å². The zero-order valence-electron chi connectivity index (χ0n) is 8.00. The molecule has 0 radical (unpaired) electrons. The smallest absolute Gasteiger partial charge is 0.394 e. The topological polar surface area (TPSA) is 165 Å². The lowest BCUT2D eigenvalue weighted by Crippen LogP contribution is -2.45. The van der Waals surface area contributed by atoms with Crippen LogP contribution in [0.5, 0.6) is 0 Å². The lowest BCUT2D eigenvalue weighted by atomic mass is 10.1. The molecule has 0 bridgehead atoms. The highest BCUT2D eigenvalue weighted by atomic mass is 31.2. The third-order valence-corrected chi connectivity index (χ3v) is 2.19. The van der Waals surface area contributed by atoms with Gasteiger partial charge in [-0.05, 0) is 0 Å². The second kappa shape index (κ2) is 6.38. The molecule has 3 atom stereocenters. The van der Waals surface area contributed by atoms with Crippen LogP contribution in [0, 0.1) is 0 Å². The quantitative estimate of drug-likeness (QED) is 0.258. The summed E-state index contributed by atoms with van der Waals surface area (Å²) in [7, 11) is -4.98. The Morgan fingerprint density at radius 1 is 1.25 bits per heavy atom. The third-order valence-electron chi connectivity index (χ3n) is 1.64. The zero-order chi connectivity index (χ0) is 12.9. The number of rotatable bonds is 7. The Hall–Kier alpha value is -0.380. The summed E-state index contributed by atoms with van der Waals surface area (Å²) in [5.41, 5.74) is 0. The van der Waals surface area contributed by atoms with Gasteiger partial charge in [0.25, 0.3) is 0 Å². The average Bonchev–Trinajstić information content (AvgIpc) is 2.21. The van der Waals surface area contributed by atoms with Crippen molar-refractivity contribution in [1.82, 2.24) is 0 Å². The normalized spacial score (nSPS) is 17.9. The third kappa shape index (κ3) is 5.10. The number of aliphatic hydroxyl groups is 4. The van der Waals surface area contributed by atoms with Gasteiger partial charge in [-0.15, -0.1) is 0 Å². The van der Waals surface area contributed by atoms with Crippen LogP contribution >= 0.6 is 7.82 Å². The summed E-state index contributed by atoms with van der Waals surface area (Å²) in [6.07, 6.45) is -6.00. The van der Waals surface area contributed by atoms with E-state index in [4.69, 9.17) is 25.1 Å². The van der Waals surface area contributed by atoms with Crippen LogP contribution in [-0.2, 0) is 13.9 Å². The molecular formula is C6H13O9P. The second-order valence-electron chi connectivity index (χ2n) is 2.88. The first-order valence-electron chi connectivity index (χ1n) is 4.07. The van der Waals surface area contributed by atoms with Gasteiger partial charge in [-0.3, -0.25) is 9.32 Å². The SMILES string of the molecule is O=C(CO)[C@@H](O)[C@H](O)[C@H](CO)OP(=O)(O)O. The fraction of sp³-hybridized carbons (Fsp3) is 0.833. The summed E-state index contributed by atoms with van der Waals surface area (Å²) in [5, 5.41) is 35.3. The first kappa shape index (κ1) is 15.6. The highest BCUT2D eigenvalue weighted by molar-refractivity contribution is 7.46. The van der Waals surface area contributed by atoms with Crippen LogP contribution in [0.2, 0.25) is 0 Å². The van der Waals surface area contributed by atoms with Crippen molar-refractivity contribution in [2.24, 2.45) is 0 Å². The summed E-state index contributed by atoms with van der Waals surface area (Å²) < 4.78 is 14.3. The van der Waals surface area contributed by atoms with Gasteiger partial charge >= 0.3 is 7.82 Å². The molecule has 0 aliphatic carbocycles. The molecule has 16 heavy (non-hydrogen) atoms. The maximum Gasteiger partial charge on any atom is 0.470 e. The Kier molecular flexibility index (Phi) is 6.23. The van der Waals surface area contributed by atoms with Crippen molar-refractivity contribution in [1.29, 1.82) is 0 Å². The maximum absolute atomic E-state index is 10.7. The van der Waals surface area contributed by atoms with Gasteiger partial charge in [0.1, 0.15) is 24.9 Å². The van der Waals surface area contributed by atoms with Gasteiger partial charge in [0.2, 0.25) is 0 Å². The number of carbonyl (C=O) groups excluding carboxylic acids is 1. The van der Waals surface area contributed by atoms with E-state index in [1.54, 1.807) is 0 Å². The Bertz CT molecular complexity index is 273. The number of aliphatic hydroxyl groups excluding tert-OH is 4. The van der Waals surface area contributed by atoms with Gasteiger partial charge in [0.05, 0.1) is 6.61 Å². The summed E-state index contributed by atoms with van der Waals surface area (Å²) in [6, 6.07) is 0. The van der Waals surface area contributed by atoms with Crippen LogP contribution in [0.25, 0.3) is 0 Å². The molecule has 0 heterocycles. The molecule has 0 aromatic carbocycles. The summed E-state index contributed by atoms with van der Waals surface area (Å²) in [5.74, 6) is -1.17. The summed E-state index contributed by atoms with van der Waals surface area (Å²) in [4.78, 5) is 27.5. The fourth-order valence-corrected chi connectivity index (χ4v) is 1.41. The molecule has 0 amide bonds. The van der Waals surface area contributed by atoms with Gasteiger partial charge in [-0.2, -0.15) is 0 Å². The Morgan fingerprint density at radius 3 is 2.06 bits per heavy atom. The highest BCUT2D eigenvalue weighted by Gasteiger charge is 2.35. The van der Waals surface area contributed by atoms with Crippen LogP contribution in [0.1, 0.15) is 0 Å². The van der Waals surface area contributed by atoms with E-state index >= 15 is 0 Å². The number of phosphoric ester groups is 1. The van der Waals surface area contributed by atoms with Gasteiger partial charge in [-0.25, -0.2) is 4.57 Å². The van der Waals surface area contributed by atoms with Crippen molar-refractivity contribution in [2.45, 2.75) is 18.3 Å². The molecule has 0 fully saturated rings. The Labute approximate surface area is 90.2 Å². The standard InChI is InChI=1S/C6H13O9P/c7-1-3(9)5(10)6(11)4(2-8)15-16(12,13)14/h4-8,10-11H,1-2H2,(H2,12,13,14)/t4-,5+,6+/m0/s1. The van der Waals surface area contributed by atoms with Crippen molar-refractivity contribution in [3.05, 3.63) is 0 Å². The van der Waals surface area contributed by atoms with Crippen molar-refractivity contribution in [3.63, 3.8) is 0 Å². The zero-order valence-corrected chi connectivity index (χ0v) is 8.90. The number of phosphoric acid groups is 1. The highest BCUT2D eigenvalue weighted by Crippen LogP contribution is 2.38. The average molecular weight is 260 g/mol. The Balaban J connectivity index is 4.59. The van der Waals surface area contributed by atoms with E-state index in [0.717, 1.165) is 0 Å². The minimum Gasteiger partial charge on any atom is -0.394 e. The van der Waals surface area contributed by atoms with Crippen LogP contribution in [-0.4, -0.2) is 67.5 Å².